The van der Waals surface area contributed by atoms with Gasteiger partial charge >= 0.3 is 6.03 Å². The van der Waals surface area contributed by atoms with Gasteiger partial charge in [-0.25, -0.2) is 4.79 Å². The van der Waals surface area contributed by atoms with Crippen LogP contribution in [-0.4, -0.2) is 47.3 Å². The molecule has 2 aliphatic rings. The highest BCUT2D eigenvalue weighted by atomic mass is 16.2. The fraction of sp³-hybridized carbons (Fsp3) is 0.846. The molecule has 0 bridgehead atoms. The summed E-state index contributed by atoms with van der Waals surface area (Å²) >= 11 is 0. The van der Waals surface area contributed by atoms with Crippen molar-refractivity contribution >= 4 is 11.8 Å². The molecule has 0 aromatic rings. The van der Waals surface area contributed by atoms with Gasteiger partial charge in [0.15, 0.2) is 0 Å². The lowest BCUT2D eigenvalue weighted by Gasteiger charge is -2.33. The fourth-order valence-electron chi connectivity index (χ4n) is 2.90. The molecule has 1 atom stereocenters. The standard InChI is InChI=1S/C13H22N2O2/c1-11(16)10-12-6-5-9-15(12)13(17)14-7-3-2-4-8-14/h12H,2-10H2,1H3. The predicted molar refractivity (Wildman–Crippen MR) is 65.8 cm³/mol. The molecule has 17 heavy (non-hydrogen) atoms. The molecule has 4 heteroatoms. The Morgan fingerprint density at radius 3 is 2.41 bits per heavy atom. The molecule has 0 radical (unpaired) electrons. The second-order valence-corrected chi connectivity index (χ2v) is 5.23. The Labute approximate surface area is 103 Å². The number of amides is 2. The minimum atomic E-state index is 0.155. The van der Waals surface area contributed by atoms with Gasteiger partial charge in [0.1, 0.15) is 5.78 Å². The summed E-state index contributed by atoms with van der Waals surface area (Å²) in [5.74, 6) is 0.188. The molecule has 0 aliphatic carbocycles. The molecule has 2 rings (SSSR count). The van der Waals surface area contributed by atoms with Crippen LogP contribution in [-0.2, 0) is 4.79 Å². The maximum Gasteiger partial charge on any atom is 0.320 e. The number of ketones is 1. The topological polar surface area (TPSA) is 40.6 Å². The molecule has 2 saturated heterocycles. The maximum atomic E-state index is 12.3. The number of rotatable bonds is 2. The Morgan fingerprint density at radius 1 is 1.06 bits per heavy atom. The molecular formula is C13H22N2O2. The number of piperidine rings is 1. The van der Waals surface area contributed by atoms with Crippen molar-refractivity contribution in [3.8, 4) is 0 Å². The van der Waals surface area contributed by atoms with E-state index in [4.69, 9.17) is 0 Å². The van der Waals surface area contributed by atoms with Crippen molar-refractivity contribution in [1.29, 1.82) is 0 Å². The smallest absolute Gasteiger partial charge is 0.320 e. The van der Waals surface area contributed by atoms with Crippen LogP contribution < -0.4 is 0 Å². The Balaban J connectivity index is 1.94. The van der Waals surface area contributed by atoms with E-state index < -0.39 is 0 Å². The second kappa shape index (κ2) is 5.52. The number of urea groups is 1. The third-order valence-corrected chi connectivity index (χ3v) is 3.77. The number of Topliss-reactive ketones (excluding diaryl/α,β-unsaturated/α-hetero) is 1. The Kier molecular flexibility index (Phi) is 4.02. The van der Waals surface area contributed by atoms with Crippen LogP contribution in [0.3, 0.4) is 0 Å². The van der Waals surface area contributed by atoms with Crippen molar-refractivity contribution in [2.24, 2.45) is 0 Å². The van der Waals surface area contributed by atoms with E-state index >= 15 is 0 Å². The monoisotopic (exact) mass is 238 g/mol. The zero-order chi connectivity index (χ0) is 12.3. The van der Waals surface area contributed by atoms with Gasteiger partial charge in [-0.1, -0.05) is 0 Å². The molecule has 0 saturated carbocycles. The van der Waals surface area contributed by atoms with Crippen molar-refractivity contribution in [3.05, 3.63) is 0 Å². The van der Waals surface area contributed by atoms with Crippen LogP contribution in [0.2, 0.25) is 0 Å². The molecule has 0 aromatic carbocycles. The molecule has 2 fully saturated rings. The minimum Gasteiger partial charge on any atom is -0.325 e. The summed E-state index contributed by atoms with van der Waals surface area (Å²) in [4.78, 5) is 27.4. The fourth-order valence-corrected chi connectivity index (χ4v) is 2.90. The van der Waals surface area contributed by atoms with Gasteiger partial charge in [-0.15, -0.1) is 0 Å². The molecule has 0 aromatic heterocycles. The highest BCUT2D eigenvalue weighted by Gasteiger charge is 2.32. The number of likely N-dealkylation sites (tertiary alicyclic amines) is 2. The summed E-state index contributed by atoms with van der Waals surface area (Å²) in [6.07, 6.45) is 6.03. The van der Waals surface area contributed by atoms with Crippen molar-refractivity contribution in [2.75, 3.05) is 19.6 Å². The first-order valence-electron chi connectivity index (χ1n) is 6.73. The van der Waals surface area contributed by atoms with Crippen LogP contribution in [0.4, 0.5) is 4.79 Å². The summed E-state index contributed by atoms with van der Waals surface area (Å²) in [5.41, 5.74) is 0. The Hall–Kier alpha value is -1.06. The van der Waals surface area contributed by atoms with Gasteiger partial charge in [-0.05, 0) is 39.0 Å². The first-order chi connectivity index (χ1) is 8.18. The Morgan fingerprint density at radius 2 is 1.76 bits per heavy atom. The van der Waals surface area contributed by atoms with Gasteiger partial charge in [-0.2, -0.15) is 0 Å². The van der Waals surface area contributed by atoms with E-state index in [1.54, 1.807) is 6.92 Å². The number of nitrogens with zero attached hydrogens (tertiary/aromatic N) is 2. The molecule has 2 amide bonds. The van der Waals surface area contributed by atoms with Gasteiger partial charge in [0, 0.05) is 32.1 Å². The third kappa shape index (κ3) is 2.99. The van der Waals surface area contributed by atoms with Gasteiger partial charge in [0.2, 0.25) is 0 Å². The van der Waals surface area contributed by atoms with E-state index in [1.807, 2.05) is 9.80 Å². The molecule has 0 N–H and O–H groups in total. The summed E-state index contributed by atoms with van der Waals surface area (Å²) in [6.45, 7) is 4.22. The first kappa shape index (κ1) is 12.4. The van der Waals surface area contributed by atoms with Crippen molar-refractivity contribution < 1.29 is 9.59 Å². The van der Waals surface area contributed by atoms with Gasteiger partial charge in [-0.3, -0.25) is 4.79 Å². The number of hydrogen-bond donors (Lipinski definition) is 0. The van der Waals surface area contributed by atoms with Crippen LogP contribution in [0.15, 0.2) is 0 Å². The van der Waals surface area contributed by atoms with E-state index in [0.29, 0.717) is 6.42 Å². The number of carbonyl (C=O) groups is 2. The summed E-state index contributed by atoms with van der Waals surface area (Å²) in [6, 6.07) is 0.315. The SMILES string of the molecule is CC(=O)CC1CCCN1C(=O)N1CCCCC1. The van der Waals surface area contributed by atoms with E-state index in [1.165, 1.54) is 6.42 Å². The van der Waals surface area contributed by atoms with Crippen LogP contribution in [0.1, 0.15) is 45.4 Å². The Bertz CT molecular complexity index is 298. The number of carbonyl (C=O) groups excluding carboxylic acids is 2. The highest BCUT2D eigenvalue weighted by molar-refractivity contribution is 5.79. The van der Waals surface area contributed by atoms with Crippen LogP contribution in [0.25, 0.3) is 0 Å². The molecular weight excluding hydrogens is 216 g/mol. The lowest BCUT2D eigenvalue weighted by molar-refractivity contribution is -0.117. The first-order valence-corrected chi connectivity index (χ1v) is 6.73. The summed E-state index contributed by atoms with van der Waals surface area (Å²) in [7, 11) is 0. The quantitative estimate of drug-likeness (QED) is 0.738. The average molecular weight is 238 g/mol. The van der Waals surface area contributed by atoms with E-state index in [0.717, 1.165) is 45.3 Å². The molecule has 96 valence electrons. The molecule has 0 spiro atoms. The number of hydrogen-bond acceptors (Lipinski definition) is 2. The molecule has 1 unspecified atom stereocenters. The molecule has 4 nitrogen and oxygen atoms in total. The maximum absolute atomic E-state index is 12.3. The average Bonchev–Trinajstić information content (AvgIpc) is 2.76. The minimum absolute atomic E-state index is 0.155. The van der Waals surface area contributed by atoms with Crippen LogP contribution >= 0.6 is 0 Å². The highest BCUT2D eigenvalue weighted by Crippen LogP contribution is 2.23. The van der Waals surface area contributed by atoms with Crippen LogP contribution in [0.5, 0.6) is 0 Å². The predicted octanol–water partition coefficient (Wildman–Crippen LogP) is 2.04. The lowest BCUT2D eigenvalue weighted by atomic mass is 10.1. The third-order valence-electron chi connectivity index (χ3n) is 3.77. The van der Waals surface area contributed by atoms with E-state index in [-0.39, 0.29) is 17.9 Å². The van der Waals surface area contributed by atoms with E-state index in [2.05, 4.69) is 0 Å². The molecule has 2 heterocycles. The van der Waals surface area contributed by atoms with Crippen molar-refractivity contribution in [3.63, 3.8) is 0 Å². The second-order valence-electron chi connectivity index (χ2n) is 5.23. The normalized spacial score (nSPS) is 25.1. The van der Waals surface area contributed by atoms with Gasteiger partial charge in [0.25, 0.3) is 0 Å². The summed E-state index contributed by atoms with van der Waals surface area (Å²) in [5, 5.41) is 0. The van der Waals surface area contributed by atoms with Gasteiger partial charge in [0.05, 0.1) is 0 Å². The largest absolute Gasteiger partial charge is 0.325 e. The van der Waals surface area contributed by atoms with Crippen LogP contribution in [0, 0.1) is 0 Å². The zero-order valence-electron chi connectivity index (χ0n) is 10.7. The van der Waals surface area contributed by atoms with Crippen molar-refractivity contribution in [1.82, 2.24) is 9.80 Å². The van der Waals surface area contributed by atoms with Gasteiger partial charge < -0.3 is 9.80 Å². The lowest BCUT2D eigenvalue weighted by Crippen LogP contribution is -2.47. The van der Waals surface area contributed by atoms with Crippen molar-refractivity contribution in [2.45, 2.75) is 51.5 Å². The zero-order valence-corrected chi connectivity index (χ0v) is 10.7. The van der Waals surface area contributed by atoms with E-state index in [9.17, 15) is 9.59 Å². The summed E-state index contributed by atoms with van der Waals surface area (Å²) < 4.78 is 0. The molecule has 2 aliphatic heterocycles.